The van der Waals surface area contributed by atoms with Gasteiger partial charge in [-0.2, -0.15) is 0 Å². The summed E-state index contributed by atoms with van der Waals surface area (Å²) in [4.78, 5) is 11.5. The Bertz CT molecular complexity index is 404. The summed E-state index contributed by atoms with van der Waals surface area (Å²) in [6.07, 6.45) is 0. The van der Waals surface area contributed by atoms with Crippen LogP contribution in [0.4, 0.5) is 5.69 Å². The zero-order valence-corrected chi connectivity index (χ0v) is 9.58. The Kier molecular flexibility index (Phi) is 3.31. The van der Waals surface area contributed by atoms with Gasteiger partial charge in [0, 0.05) is 5.02 Å². The average molecular weight is 242 g/mol. The lowest BCUT2D eigenvalue weighted by Gasteiger charge is -2.28. The third-order valence-electron chi connectivity index (χ3n) is 2.38. The first-order chi connectivity index (χ1) is 7.70. The summed E-state index contributed by atoms with van der Waals surface area (Å²) in [6, 6.07) is 5.26. The van der Waals surface area contributed by atoms with Crippen LogP contribution in [0.15, 0.2) is 18.2 Å². The summed E-state index contributed by atoms with van der Waals surface area (Å²) < 4.78 is 9.75. The molecule has 0 amide bonds. The van der Waals surface area contributed by atoms with Crippen LogP contribution in [0.25, 0.3) is 0 Å². The van der Waals surface area contributed by atoms with Crippen LogP contribution in [-0.4, -0.2) is 32.3 Å². The van der Waals surface area contributed by atoms with Gasteiger partial charge < -0.3 is 14.8 Å². The maximum Gasteiger partial charge on any atom is 0.339 e. The molecule has 1 fully saturated rings. The van der Waals surface area contributed by atoms with E-state index >= 15 is 0 Å². The van der Waals surface area contributed by atoms with Gasteiger partial charge in [-0.3, -0.25) is 0 Å². The Hall–Kier alpha value is -1.26. The van der Waals surface area contributed by atoms with E-state index in [0.717, 1.165) is 0 Å². The highest BCUT2D eigenvalue weighted by molar-refractivity contribution is 6.31. The van der Waals surface area contributed by atoms with Crippen molar-refractivity contribution >= 4 is 23.3 Å². The number of ether oxygens (including phenoxy) is 2. The monoisotopic (exact) mass is 241 g/mol. The Morgan fingerprint density at radius 1 is 1.56 bits per heavy atom. The topological polar surface area (TPSA) is 47.6 Å². The maximum absolute atomic E-state index is 11.5. The van der Waals surface area contributed by atoms with Crippen LogP contribution < -0.4 is 5.32 Å². The molecule has 0 bridgehead atoms. The van der Waals surface area contributed by atoms with Gasteiger partial charge in [0.05, 0.1) is 37.6 Å². The summed E-state index contributed by atoms with van der Waals surface area (Å²) >= 11 is 5.89. The number of hydrogen-bond donors (Lipinski definition) is 1. The molecule has 86 valence electrons. The molecule has 16 heavy (non-hydrogen) atoms. The van der Waals surface area contributed by atoms with Crippen molar-refractivity contribution in [1.82, 2.24) is 0 Å². The molecular formula is C11H12ClNO3. The summed E-state index contributed by atoms with van der Waals surface area (Å²) in [5, 5.41) is 3.77. The van der Waals surface area contributed by atoms with Crippen LogP contribution in [0.3, 0.4) is 0 Å². The van der Waals surface area contributed by atoms with Gasteiger partial charge in [0.15, 0.2) is 0 Å². The maximum atomic E-state index is 11.5. The number of nitrogens with one attached hydrogen (secondary N) is 1. The smallest absolute Gasteiger partial charge is 0.339 e. The van der Waals surface area contributed by atoms with Gasteiger partial charge in [0.2, 0.25) is 0 Å². The highest BCUT2D eigenvalue weighted by Gasteiger charge is 2.21. The summed E-state index contributed by atoms with van der Waals surface area (Å²) in [5.74, 6) is -0.376. The number of halogens is 1. The number of methoxy groups -OCH3 is 1. The normalized spacial score (nSPS) is 15.4. The van der Waals surface area contributed by atoms with E-state index < -0.39 is 0 Å². The largest absolute Gasteiger partial charge is 0.465 e. The predicted molar refractivity (Wildman–Crippen MR) is 61.0 cm³/mol. The third-order valence-corrected chi connectivity index (χ3v) is 2.62. The predicted octanol–water partition coefficient (Wildman–Crippen LogP) is 1.94. The van der Waals surface area contributed by atoms with E-state index in [1.807, 2.05) is 0 Å². The summed E-state index contributed by atoms with van der Waals surface area (Å²) in [5.41, 5.74) is 1.17. The molecule has 0 saturated carbocycles. The summed E-state index contributed by atoms with van der Waals surface area (Å²) in [7, 11) is 1.35. The van der Waals surface area contributed by atoms with E-state index in [0.29, 0.717) is 29.5 Å². The molecule has 0 aliphatic carbocycles. The average Bonchev–Trinajstić information content (AvgIpc) is 2.22. The Labute approximate surface area is 98.5 Å². The van der Waals surface area contributed by atoms with Crippen molar-refractivity contribution in [3.63, 3.8) is 0 Å². The number of esters is 1. The fourth-order valence-electron chi connectivity index (χ4n) is 1.46. The van der Waals surface area contributed by atoms with E-state index in [1.54, 1.807) is 18.2 Å². The van der Waals surface area contributed by atoms with Crippen LogP contribution in [0.2, 0.25) is 5.02 Å². The third kappa shape index (κ3) is 2.28. The second kappa shape index (κ2) is 4.72. The van der Waals surface area contributed by atoms with Gasteiger partial charge in [-0.25, -0.2) is 4.79 Å². The number of anilines is 1. The minimum Gasteiger partial charge on any atom is -0.465 e. The molecular weight excluding hydrogens is 230 g/mol. The second-order valence-electron chi connectivity index (χ2n) is 3.56. The number of hydrogen-bond acceptors (Lipinski definition) is 4. The molecule has 2 rings (SSSR count). The van der Waals surface area contributed by atoms with E-state index in [4.69, 9.17) is 21.1 Å². The molecule has 4 nitrogen and oxygen atoms in total. The first-order valence-corrected chi connectivity index (χ1v) is 5.30. The fourth-order valence-corrected chi connectivity index (χ4v) is 1.63. The lowest BCUT2D eigenvalue weighted by Crippen LogP contribution is -2.40. The van der Waals surface area contributed by atoms with Crippen LogP contribution in [-0.2, 0) is 9.47 Å². The van der Waals surface area contributed by atoms with Gasteiger partial charge in [0.1, 0.15) is 0 Å². The van der Waals surface area contributed by atoms with Gasteiger partial charge in [0.25, 0.3) is 0 Å². The first kappa shape index (κ1) is 11.2. The van der Waals surface area contributed by atoms with Crippen LogP contribution in [0.5, 0.6) is 0 Å². The molecule has 0 atom stereocenters. The van der Waals surface area contributed by atoms with Crippen LogP contribution in [0, 0.1) is 0 Å². The van der Waals surface area contributed by atoms with Gasteiger partial charge in [-0.1, -0.05) is 11.6 Å². The number of benzene rings is 1. The van der Waals surface area contributed by atoms with Crippen molar-refractivity contribution < 1.29 is 14.3 Å². The molecule has 0 spiro atoms. The van der Waals surface area contributed by atoms with E-state index in [2.05, 4.69) is 5.32 Å². The molecule has 0 aromatic heterocycles. The van der Waals surface area contributed by atoms with Crippen molar-refractivity contribution in [1.29, 1.82) is 0 Å². The van der Waals surface area contributed by atoms with Crippen molar-refractivity contribution in [2.75, 3.05) is 25.6 Å². The Balaban J connectivity index is 2.24. The first-order valence-electron chi connectivity index (χ1n) is 4.93. The Morgan fingerprint density at radius 2 is 2.31 bits per heavy atom. The van der Waals surface area contributed by atoms with Crippen molar-refractivity contribution in [2.45, 2.75) is 6.04 Å². The molecule has 1 aromatic rings. The van der Waals surface area contributed by atoms with Gasteiger partial charge in [-0.15, -0.1) is 0 Å². The van der Waals surface area contributed by atoms with Crippen molar-refractivity contribution in [3.8, 4) is 0 Å². The molecule has 1 N–H and O–H groups in total. The lowest BCUT2D eigenvalue weighted by atomic mass is 10.1. The van der Waals surface area contributed by atoms with Crippen LogP contribution >= 0.6 is 11.6 Å². The molecule has 1 aliphatic rings. The Morgan fingerprint density at radius 3 is 2.88 bits per heavy atom. The number of carbonyl (C=O) groups excluding carboxylic acids is 1. The van der Waals surface area contributed by atoms with E-state index in [-0.39, 0.29) is 12.0 Å². The highest BCUT2D eigenvalue weighted by Crippen LogP contribution is 2.23. The molecule has 0 unspecified atom stereocenters. The molecule has 1 aromatic carbocycles. The van der Waals surface area contributed by atoms with E-state index in [1.165, 1.54) is 7.11 Å². The van der Waals surface area contributed by atoms with Crippen molar-refractivity contribution in [2.24, 2.45) is 0 Å². The fraction of sp³-hybridized carbons (Fsp3) is 0.364. The van der Waals surface area contributed by atoms with Gasteiger partial charge >= 0.3 is 5.97 Å². The highest BCUT2D eigenvalue weighted by atomic mass is 35.5. The summed E-state index contributed by atoms with van der Waals surface area (Å²) in [6.45, 7) is 1.29. The minimum atomic E-state index is -0.376. The molecule has 1 saturated heterocycles. The standard InChI is InChI=1S/C11H12ClNO3/c1-15-11(14)9-3-2-7(12)4-10(9)13-8-5-16-6-8/h2-4,8,13H,5-6H2,1H3. The van der Waals surface area contributed by atoms with E-state index in [9.17, 15) is 4.79 Å². The van der Waals surface area contributed by atoms with Crippen LogP contribution in [0.1, 0.15) is 10.4 Å². The molecule has 1 heterocycles. The number of rotatable bonds is 3. The minimum absolute atomic E-state index is 0.238. The van der Waals surface area contributed by atoms with Gasteiger partial charge in [-0.05, 0) is 18.2 Å². The molecule has 1 aliphatic heterocycles. The molecule has 0 radical (unpaired) electrons. The zero-order valence-electron chi connectivity index (χ0n) is 8.83. The lowest BCUT2D eigenvalue weighted by molar-refractivity contribution is 0.0210. The second-order valence-corrected chi connectivity index (χ2v) is 4.00. The SMILES string of the molecule is COC(=O)c1ccc(Cl)cc1NC1COC1. The number of carbonyl (C=O) groups is 1. The van der Waals surface area contributed by atoms with Crippen molar-refractivity contribution in [3.05, 3.63) is 28.8 Å². The molecule has 5 heteroatoms. The quantitative estimate of drug-likeness (QED) is 0.822. The zero-order chi connectivity index (χ0) is 11.5.